The number of hydrogen-bond donors (Lipinski definition) is 3. The maximum Gasteiger partial charge on any atom is 0.220 e. The van der Waals surface area contributed by atoms with Gasteiger partial charge in [-0.1, -0.05) is 64.4 Å². The van der Waals surface area contributed by atoms with Crippen molar-refractivity contribution in [1.82, 2.24) is 10.6 Å². The van der Waals surface area contributed by atoms with Crippen LogP contribution in [0, 0.1) is 11.3 Å². The molecule has 0 aromatic rings. The fraction of sp³-hybridized carbons (Fsp3) is 0.800. The van der Waals surface area contributed by atoms with Crippen LogP contribution < -0.4 is 10.6 Å². The van der Waals surface area contributed by atoms with Crippen LogP contribution in [0.15, 0.2) is 11.6 Å². The largest absolute Gasteiger partial charge is 0.358 e. The lowest BCUT2D eigenvalue weighted by molar-refractivity contribution is -0.125. The monoisotopic (exact) mass is 417 g/mol. The molecule has 1 fully saturated rings. The van der Waals surface area contributed by atoms with Crippen LogP contribution in [0.2, 0.25) is 0 Å². The number of rotatable bonds is 12. The van der Waals surface area contributed by atoms with Crippen molar-refractivity contribution in [3.05, 3.63) is 11.6 Å². The Hall–Kier alpha value is -1.65. The van der Waals surface area contributed by atoms with Crippen LogP contribution in [0.4, 0.5) is 0 Å². The number of hydrogen-bond acceptors (Lipinski definition) is 3. The molecule has 2 aliphatic rings. The zero-order chi connectivity index (χ0) is 21.8. The molecule has 0 unspecified atom stereocenters. The fourth-order valence-corrected chi connectivity index (χ4v) is 4.91. The fourth-order valence-electron chi connectivity index (χ4n) is 4.91. The third kappa shape index (κ3) is 7.88. The van der Waals surface area contributed by atoms with Crippen LogP contribution in [0.5, 0.6) is 0 Å². The van der Waals surface area contributed by atoms with E-state index in [-0.39, 0.29) is 11.7 Å². The molecule has 1 amide bonds. The summed E-state index contributed by atoms with van der Waals surface area (Å²) in [6, 6.07) is 0. The summed E-state index contributed by atoms with van der Waals surface area (Å²) in [5.41, 5.74) is 0.448. The third-order valence-corrected chi connectivity index (χ3v) is 6.75. The highest BCUT2D eigenvalue weighted by Crippen LogP contribution is 2.29. The van der Waals surface area contributed by atoms with Crippen molar-refractivity contribution in [3.8, 4) is 0 Å². The van der Waals surface area contributed by atoms with Gasteiger partial charge < -0.3 is 10.6 Å². The summed E-state index contributed by atoms with van der Waals surface area (Å²) in [6.07, 6.45) is 16.5. The Balaban J connectivity index is 1.81. The minimum atomic E-state index is -0.574. The standard InChI is InChI=1S/C25H43N3O2/c1-3-5-14-25(15-6-4-2)22(29)17-21(18-23(26)28-25)13-10-16-27-24(30)19-20-11-8-7-9-12-20/h18,20H,3-17,19H2,1-2H3,(H2,26,28)(H,27,30). The summed E-state index contributed by atoms with van der Waals surface area (Å²) in [5.74, 6) is 1.33. The number of nitrogens with one attached hydrogen (secondary N) is 3. The molecule has 0 saturated heterocycles. The van der Waals surface area contributed by atoms with Gasteiger partial charge in [-0.05, 0) is 50.5 Å². The first kappa shape index (κ1) is 24.6. The summed E-state index contributed by atoms with van der Waals surface area (Å²) in [7, 11) is 0. The van der Waals surface area contributed by atoms with Gasteiger partial charge in [0.2, 0.25) is 5.91 Å². The smallest absolute Gasteiger partial charge is 0.220 e. The van der Waals surface area contributed by atoms with Gasteiger partial charge in [0.15, 0.2) is 5.78 Å². The molecule has 2 rings (SSSR count). The number of Topliss-reactive ketones (excluding diaryl/α,β-unsaturated/α-hetero) is 1. The molecule has 0 bridgehead atoms. The molecule has 0 aromatic carbocycles. The normalized spacial score (nSPS) is 19.7. The van der Waals surface area contributed by atoms with Crippen molar-refractivity contribution < 1.29 is 9.59 Å². The van der Waals surface area contributed by atoms with Crippen LogP contribution in [0.25, 0.3) is 0 Å². The lowest BCUT2D eigenvalue weighted by Crippen LogP contribution is -2.53. The van der Waals surface area contributed by atoms with Crippen molar-refractivity contribution in [2.24, 2.45) is 5.92 Å². The summed E-state index contributed by atoms with van der Waals surface area (Å²) < 4.78 is 0. The number of carbonyl (C=O) groups is 2. The zero-order valence-electron chi connectivity index (χ0n) is 19.3. The number of amides is 1. The van der Waals surface area contributed by atoms with E-state index in [1.54, 1.807) is 0 Å². The number of allylic oxidation sites excluding steroid dienone is 1. The van der Waals surface area contributed by atoms with Crippen LogP contribution >= 0.6 is 0 Å². The first-order chi connectivity index (χ1) is 14.5. The Kier molecular flexibility index (Phi) is 10.6. The molecule has 0 atom stereocenters. The topological polar surface area (TPSA) is 82.1 Å². The lowest BCUT2D eigenvalue weighted by atomic mass is 9.81. The molecule has 5 nitrogen and oxygen atoms in total. The zero-order valence-corrected chi connectivity index (χ0v) is 19.3. The molecule has 0 spiro atoms. The van der Waals surface area contributed by atoms with E-state index in [2.05, 4.69) is 24.5 Å². The second-order valence-corrected chi connectivity index (χ2v) is 9.39. The Morgan fingerprint density at radius 1 is 1.13 bits per heavy atom. The van der Waals surface area contributed by atoms with E-state index in [0.29, 0.717) is 31.1 Å². The molecular formula is C25H43N3O2. The van der Waals surface area contributed by atoms with Crippen LogP contribution in [-0.2, 0) is 9.59 Å². The molecule has 0 aromatic heterocycles. The third-order valence-electron chi connectivity index (χ3n) is 6.75. The van der Waals surface area contributed by atoms with Gasteiger partial charge in [0.05, 0.1) is 5.54 Å². The second kappa shape index (κ2) is 12.9. The van der Waals surface area contributed by atoms with Gasteiger partial charge in [0.1, 0.15) is 5.84 Å². The molecule has 170 valence electrons. The molecule has 1 aliphatic heterocycles. The van der Waals surface area contributed by atoms with E-state index >= 15 is 0 Å². The van der Waals surface area contributed by atoms with Crippen molar-refractivity contribution in [2.45, 2.75) is 116 Å². The molecule has 0 radical (unpaired) electrons. The highest BCUT2D eigenvalue weighted by molar-refractivity contribution is 6.01. The molecule has 3 N–H and O–H groups in total. The van der Waals surface area contributed by atoms with Crippen molar-refractivity contribution in [2.75, 3.05) is 6.54 Å². The first-order valence-electron chi connectivity index (χ1n) is 12.3. The Morgan fingerprint density at radius 2 is 1.80 bits per heavy atom. The predicted octanol–water partition coefficient (Wildman–Crippen LogP) is 5.44. The highest BCUT2D eigenvalue weighted by atomic mass is 16.1. The molecule has 30 heavy (non-hydrogen) atoms. The van der Waals surface area contributed by atoms with Gasteiger partial charge in [-0.25, -0.2) is 0 Å². The summed E-state index contributed by atoms with van der Waals surface area (Å²) in [5, 5.41) is 14.7. The van der Waals surface area contributed by atoms with E-state index < -0.39 is 5.54 Å². The van der Waals surface area contributed by atoms with E-state index in [1.807, 2.05) is 6.08 Å². The Morgan fingerprint density at radius 3 is 2.43 bits per heavy atom. The number of amidine groups is 1. The van der Waals surface area contributed by atoms with Gasteiger partial charge >= 0.3 is 0 Å². The van der Waals surface area contributed by atoms with E-state index in [1.165, 1.54) is 32.1 Å². The van der Waals surface area contributed by atoms with Crippen LogP contribution in [0.3, 0.4) is 0 Å². The average molecular weight is 418 g/mol. The number of unbranched alkanes of at least 4 members (excludes halogenated alkanes) is 2. The van der Waals surface area contributed by atoms with Crippen molar-refractivity contribution in [3.63, 3.8) is 0 Å². The van der Waals surface area contributed by atoms with Crippen molar-refractivity contribution in [1.29, 1.82) is 5.41 Å². The van der Waals surface area contributed by atoms with E-state index in [4.69, 9.17) is 5.41 Å². The van der Waals surface area contributed by atoms with Gasteiger partial charge in [-0.15, -0.1) is 0 Å². The number of ketones is 1. The van der Waals surface area contributed by atoms with Gasteiger partial charge in [0, 0.05) is 19.4 Å². The summed E-state index contributed by atoms with van der Waals surface area (Å²) in [6.45, 7) is 4.94. The quantitative estimate of drug-likeness (QED) is 0.370. The first-order valence-corrected chi connectivity index (χ1v) is 12.3. The molecule has 1 saturated carbocycles. The average Bonchev–Trinajstić information content (AvgIpc) is 2.84. The second-order valence-electron chi connectivity index (χ2n) is 9.39. The molecule has 1 heterocycles. The molecular weight excluding hydrogens is 374 g/mol. The molecule has 5 heteroatoms. The highest BCUT2D eigenvalue weighted by Gasteiger charge is 2.38. The summed E-state index contributed by atoms with van der Waals surface area (Å²) in [4.78, 5) is 25.4. The summed E-state index contributed by atoms with van der Waals surface area (Å²) >= 11 is 0. The van der Waals surface area contributed by atoms with Gasteiger partial charge in [-0.3, -0.25) is 15.0 Å². The Labute approximate surface area is 183 Å². The molecule has 1 aliphatic carbocycles. The van der Waals surface area contributed by atoms with Gasteiger partial charge in [0.25, 0.3) is 0 Å². The van der Waals surface area contributed by atoms with Crippen LogP contribution in [0.1, 0.15) is 110 Å². The van der Waals surface area contributed by atoms with Crippen molar-refractivity contribution >= 4 is 17.5 Å². The van der Waals surface area contributed by atoms with Crippen LogP contribution in [-0.4, -0.2) is 29.6 Å². The predicted molar refractivity (Wildman–Crippen MR) is 124 cm³/mol. The van der Waals surface area contributed by atoms with Gasteiger partial charge in [-0.2, -0.15) is 0 Å². The van der Waals surface area contributed by atoms with E-state index in [9.17, 15) is 9.59 Å². The SMILES string of the molecule is CCCCC1(CCCC)NC(=N)C=C(CCCNC(=O)CC2CCCCC2)CC1=O. The minimum absolute atomic E-state index is 0.167. The maximum absolute atomic E-state index is 13.2. The maximum atomic E-state index is 13.2. The minimum Gasteiger partial charge on any atom is -0.358 e. The van der Waals surface area contributed by atoms with E-state index in [0.717, 1.165) is 56.9 Å². The Bertz CT molecular complexity index is 598. The number of carbonyl (C=O) groups excluding carboxylic acids is 2. The lowest BCUT2D eigenvalue weighted by Gasteiger charge is -2.33.